The largest absolute Gasteiger partial charge is 0.452 e. The molecule has 1 N–H and O–H groups in total. The highest BCUT2D eigenvalue weighted by atomic mass is 79.9. The van der Waals surface area contributed by atoms with Crippen LogP contribution in [0.5, 0.6) is 0 Å². The molecule has 1 heterocycles. The number of rotatable bonds is 3. The van der Waals surface area contributed by atoms with Crippen LogP contribution in [0.1, 0.15) is 5.76 Å². The maximum absolute atomic E-state index is 11.4. The number of halogens is 1. The predicted molar refractivity (Wildman–Crippen MR) is 60.1 cm³/mol. The van der Waals surface area contributed by atoms with Crippen molar-refractivity contribution in [3.05, 3.63) is 22.6 Å². The molecule has 0 fully saturated rings. The van der Waals surface area contributed by atoms with Crippen LogP contribution in [0.2, 0.25) is 0 Å². The standard InChI is InChI=1S/C10H11BrN2O2/c1-3-6-12-10(14)13(2)7-8-4-5-9(11)15-8/h1,4-5H,6-7H2,2H3,(H,12,14). The third-order valence-electron chi connectivity index (χ3n) is 1.71. The molecule has 1 rings (SSSR count). The van der Waals surface area contributed by atoms with Crippen LogP contribution in [0.15, 0.2) is 21.2 Å². The number of hydrogen-bond acceptors (Lipinski definition) is 2. The van der Waals surface area contributed by atoms with Crippen molar-refractivity contribution in [2.45, 2.75) is 6.54 Å². The molecule has 0 aliphatic rings. The van der Waals surface area contributed by atoms with E-state index in [1.807, 2.05) is 0 Å². The van der Waals surface area contributed by atoms with Gasteiger partial charge in [-0.05, 0) is 28.1 Å². The predicted octanol–water partition coefficient (Wildman–Crippen LogP) is 1.82. The van der Waals surface area contributed by atoms with Crippen molar-refractivity contribution in [1.29, 1.82) is 0 Å². The molecule has 0 aromatic carbocycles. The molecule has 0 saturated carbocycles. The van der Waals surface area contributed by atoms with Crippen LogP contribution in [0.4, 0.5) is 4.79 Å². The molecule has 0 spiro atoms. The lowest BCUT2D eigenvalue weighted by Gasteiger charge is -2.15. The van der Waals surface area contributed by atoms with E-state index in [0.717, 1.165) is 0 Å². The van der Waals surface area contributed by atoms with E-state index in [2.05, 4.69) is 27.2 Å². The molecule has 15 heavy (non-hydrogen) atoms. The molecule has 0 unspecified atom stereocenters. The first-order chi connectivity index (χ1) is 7.13. The summed E-state index contributed by atoms with van der Waals surface area (Å²) >= 11 is 3.19. The summed E-state index contributed by atoms with van der Waals surface area (Å²) in [6, 6.07) is 3.36. The van der Waals surface area contributed by atoms with Crippen LogP contribution in [0.3, 0.4) is 0 Å². The van der Waals surface area contributed by atoms with E-state index in [-0.39, 0.29) is 12.6 Å². The van der Waals surface area contributed by atoms with E-state index >= 15 is 0 Å². The monoisotopic (exact) mass is 270 g/mol. The molecule has 4 nitrogen and oxygen atoms in total. The quantitative estimate of drug-likeness (QED) is 0.852. The van der Waals surface area contributed by atoms with E-state index in [0.29, 0.717) is 17.0 Å². The van der Waals surface area contributed by atoms with E-state index in [1.165, 1.54) is 4.90 Å². The highest BCUT2D eigenvalue weighted by molar-refractivity contribution is 9.10. The second-order valence-electron chi connectivity index (χ2n) is 2.92. The molecule has 1 aromatic heterocycles. The number of urea groups is 1. The van der Waals surface area contributed by atoms with Gasteiger partial charge in [-0.2, -0.15) is 0 Å². The van der Waals surface area contributed by atoms with Crippen molar-refractivity contribution < 1.29 is 9.21 Å². The van der Waals surface area contributed by atoms with Crippen molar-refractivity contribution in [2.75, 3.05) is 13.6 Å². The zero-order valence-corrected chi connectivity index (χ0v) is 9.87. The van der Waals surface area contributed by atoms with E-state index < -0.39 is 0 Å². The molecule has 80 valence electrons. The highest BCUT2D eigenvalue weighted by Gasteiger charge is 2.09. The van der Waals surface area contributed by atoms with Gasteiger partial charge >= 0.3 is 6.03 Å². The molecule has 1 aromatic rings. The number of hydrogen-bond donors (Lipinski definition) is 1. The summed E-state index contributed by atoms with van der Waals surface area (Å²) in [5.41, 5.74) is 0. The van der Waals surface area contributed by atoms with Gasteiger partial charge < -0.3 is 14.6 Å². The van der Waals surface area contributed by atoms with Crippen LogP contribution >= 0.6 is 15.9 Å². The third-order valence-corrected chi connectivity index (χ3v) is 2.14. The van der Waals surface area contributed by atoms with Crippen LogP contribution in [-0.2, 0) is 6.54 Å². The number of nitrogens with one attached hydrogen (secondary N) is 1. The van der Waals surface area contributed by atoms with Gasteiger partial charge in [0.1, 0.15) is 5.76 Å². The number of nitrogens with zero attached hydrogens (tertiary/aromatic N) is 1. The Morgan fingerprint density at radius 1 is 1.73 bits per heavy atom. The fourth-order valence-corrected chi connectivity index (χ4v) is 1.34. The normalized spacial score (nSPS) is 9.40. The number of carbonyl (C=O) groups is 1. The fraction of sp³-hybridized carbons (Fsp3) is 0.300. The van der Waals surface area contributed by atoms with Crippen molar-refractivity contribution in [3.63, 3.8) is 0 Å². The first-order valence-electron chi connectivity index (χ1n) is 4.30. The minimum Gasteiger partial charge on any atom is -0.452 e. The SMILES string of the molecule is C#CCNC(=O)N(C)Cc1ccc(Br)o1. The maximum atomic E-state index is 11.4. The van der Waals surface area contributed by atoms with Gasteiger partial charge in [0.25, 0.3) is 0 Å². The van der Waals surface area contributed by atoms with Crippen LogP contribution < -0.4 is 5.32 Å². The minimum atomic E-state index is -0.222. The Bertz CT molecular complexity index is 381. The fourth-order valence-electron chi connectivity index (χ4n) is 1.00. The van der Waals surface area contributed by atoms with E-state index in [1.54, 1.807) is 19.2 Å². The Labute approximate surface area is 96.8 Å². The van der Waals surface area contributed by atoms with Crippen LogP contribution in [0, 0.1) is 12.3 Å². The molecule has 0 aliphatic carbocycles. The second-order valence-corrected chi connectivity index (χ2v) is 3.71. The molecular formula is C10H11BrN2O2. The highest BCUT2D eigenvalue weighted by Crippen LogP contribution is 2.15. The second kappa shape index (κ2) is 5.47. The van der Waals surface area contributed by atoms with Gasteiger partial charge in [-0.3, -0.25) is 0 Å². The molecule has 0 aliphatic heterocycles. The number of amides is 2. The summed E-state index contributed by atoms with van der Waals surface area (Å²) < 4.78 is 5.91. The Morgan fingerprint density at radius 3 is 3.00 bits per heavy atom. The summed E-state index contributed by atoms with van der Waals surface area (Å²) in [4.78, 5) is 12.9. The summed E-state index contributed by atoms with van der Waals surface area (Å²) in [5, 5.41) is 2.56. The van der Waals surface area contributed by atoms with Crippen molar-refractivity contribution in [3.8, 4) is 12.3 Å². The molecule has 0 bridgehead atoms. The molecule has 0 radical (unpaired) electrons. The molecule has 0 atom stereocenters. The van der Waals surface area contributed by atoms with Gasteiger partial charge in [0, 0.05) is 7.05 Å². The van der Waals surface area contributed by atoms with Crippen molar-refractivity contribution in [2.24, 2.45) is 0 Å². The Balaban J connectivity index is 2.45. The first-order valence-corrected chi connectivity index (χ1v) is 5.09. The summed E-state index contributed by atoms with van der Waals surface area (Å²) in [7, 11) is 1.67. The van der Waals surface area contributed by atoms with E-state index in [4.69, 9.17) is 10.8 Å². The molecular weight excluding hydrogens is 260 g/mol. The summed E-state index contributed by atoms with van der Waals surface area (Å²) in [6.07, 6.45) is 5.02. The Kier molecular flexibility index (Phi) is 4.25. The lowest BCUT2D eigenvalue weighted by molar-refractivity contribution is 0.204. The number of furan rings is 1. The van der Waals surface area contributed by atoms with Gasteiger partial charge in [-0.25, -0.2) is 4.79 Å². The Morgan fingerprint density at radius 2 is 2.47 bits per heavy atom. The zero-order chi connectivity index (χ0) is 11.3. The summed E-state index contributed by atoms with van der Waals surface area (Å²) in [5.74, 6) is 3.04. The number of terminal acetylenes is 1. The lowest BCUT2D eigenvalue weighted by Crippen LogP contribution is -2.36. The first kappa shape index (κ1) is 11.7. The maximum Gasteiger partial charge on any atom is 0.318 e. The summed E-state index contributed by atoms with van der Waals surface area (Å²) in [6.45, 7) is 0.632. The molecule has 2 amide bonds. The zero-order valence-electron chi connectivity index (χ0n) is 8.29. The average molecular weight is 271 g/mol. The van der Waals surface area contributed by atoms with E-state index in [9.17, 15) is 4.79 Å². The van der Waals surface area contributed by atoms with Crippen molar-refractivity contribution in [1.82, 2.24) is 10.2 Å². The van der Waals surface area contributed by atoms with Gasteiger partial charge in [-0.1, -0.05) is 5.92 Å². The van der Waals surface area contributed by atoms with Gasteiger partial charge in [-0.15, -0.1) is 6.42 Å². The smallest absolute Gasteiger partial charge is 0.318 e. The topological polar surface area (TPSA) is 45.5 Å². The molecule has 5 heteroatoms. The van der Waals surface area contributed by atoms with Crippen LogP contribution in [0.25, 0.3) is 0 Å². The third kappa shape index (κ3) is 3.68. The van der Waals surface area contributed by atoms with Crippen LogP contribution in [-0.4, -0.2) is 24.5 Å². The average Bonchev–Trinajstić information content (AvgIpc) is 2.60. The van der Waals surface area contributed by atoms with Gasteiger partial charge in [0.05, 0.1) is 13.1 Å². The molecule has 0 saturated heterocycles. The van der Waals surface area contributed by atoms with Gasteiger partial charge in [0.15, 0.2) is 4.67 Å². The van der Waals surface area contributed by atoms with Gasteiger partial charge in [0.2, 0.25) is 0 Å². The lowest BCUT2D eigenvalue weighted by atomic mass is 10.4. The number of carbonyl (C=O) groups excluding carboxylic acids is 1. The Hall–Kier alpha value is -1.41. The van der Waals surface area contributed by atoms with Crippen molar-refractivity contribution >= 4 is 22.0 Å². The minimum absolute atomic E-state index is 0.222.